The Morgan fingerprint density at radius 2 is 1.36 bits per heavy atom. The lowest BCUT2D eigenvalue weighted by atomic mass is 10.2. The molecule has 0 heterocycles. The molecule has 0 aliphatic heterocycles. The number of phenolic OH excluding ortho intramolecular Hbond substituents is 2. The highest BCUT2D eigenvalue weighted by Gasteiger charge is 1.95. The number of ether oxygens (including phenoxy) is 1. The number of aromatic hydroxyl groups is 2. The van der Waals surface area contributed by atoms with Gasteiger partial charge in [-0.3, -0.25) is 0 Å². The van der Waals surface area contributed by atoms with Crippen molar-refractivity contribution in [3.8, 4) is 11.5 Å². The van der Waals surface area contributed by atoms with E-state index >= 15 is 0 Å². The first-order chi connectivity index (χ1) is 10.6. The minimum atomic E-state index is -0.441. The van der Waals surface area contributed by atoms with Crippen LogP contribution in [0.3, 0.4) is 0 Å². The maximum atomic E-state index is 11.5. The molecular weight excluding hydrogens is 280 g/mol. The molecule has 4 nitrogen and oxygen atoms in total. The number of phenols is 2. The fraction of sp³-hybridized carbons (Fsp3) is 0.0556. The third kappa shape index (κ3) is 5.17. The second kappa shape index (κ2) is 7.69. The van der Waals surface area contributed by atoms with E-state index in [2.05, 4.69) is 0 Å². The first-order valence-corrected chi connectivity index (χ1v) is 6.73. The Bertz CT molecular complexity index is 667. The highest BCUT2D eigenvalue weighted by molar-refractivity contribution is 5.87. The van der Waals surface area contributed by atoms with E-state index in [0.717, 1.165) is 11.1 Å². The maximum absolute atomic E-state index is 11.5. The Morgan fingerprint density at radius 3 is 1.91 bits per heavy atom. The number of hydrogen-bond donors (Lipinski definition) is 2. The summed E-state index contributed by atoms with van der Waals surface area (Å²) in [4.78, 5) is 11.5. The molecule has 22 heavy (non-hydrogen) atoms. The Morgan fingerprint density at radius 1 is 0.864 bits per heavy atom. The molecule has 0 fully saturated rings. The molecular formula is C18H16O4. The number of hydrogen-bond acceptors (Lipinski definition) is 4. The van der Waals surface area contributed by atoms with Gasteiger partial charge in [0.2, 0.25) is 0 Å². The van der Waals surface area contributed by atoms with Crippen LogP contribution in [0.1, 0.15) is 11.1 Å². The fourth-order valence-electron chi connectivity index (χ4n) is 1.70. The van der Waals surface area contributed by atoms with Gasteiger partial charge in [-0.05, 0) is 47.5 Å². The third-order valence-electron chi connectivity index (χ3n) is 2.83. The van der Waals surface area contributed by atoms with Gasteiger partial charge in [0.25, 0.3) is 0 Å². The average Bonchev–Trinajstić information content (AvgIpc) is 2.53. The quantitative estimate of drug-likeness (QED) is 0.656. The molecule has 2 aromatic carbocycles. The number of esters is 1. The summed E-state index contributed by atoms with van der Waals surface area (Å²) in [5.41, 5.74) is 1.71. The fourth-order valence-corrected chi connectivity index (χ4v) is 1.70. The maximum Gasteiger partial charge on any atom is 0.331 e. The molecule has 0 saturated carbocycles. The molecule has 0 amide bonds. The Hall–Kier alpha value is -3.01. The van der Waals surface area contributed by atoms with E-state index in [-0.39, 0.29) is 18.1 Å². The summed E-state index contributed by atoms with van der Waals surface area (Å²) in [6.45, 7) is 0.166. The van der Waals surface area contributed by atoms with Crippen molar-refractivity contribution in [2.75, 3.05) is 6.61 Å². The normalized spacial score (nSPS) is 11.1. The zero-order valence-corrected chi connectivity index (χ0v) is 11.8. The molecule has 0 atom stereocenters. The van der Waals surface area contributed by atoms with Gasteiger partial charge in [-0.25, -0.2) is 4.79 Å². The van der Waals surface area contributed by atoms with Crippen LogP contribution in [0.5, 0.6) is 11.5 Å². The van der Waals surface area contributed by atoms with Crippen molar-refractivity contribution in [3.05, 3.63) is 71.8 Å². The van der Waals surface area contributed by atoms with Crippen LogP contribution in [-0.2, 0) is 9.53 Å². The van der Waals surface area contributed by atoms with Crippen LogP contribution in [0, 0.1) is 0 Å². The van der Waals surface area contributed by atoms with Gasteiger partial charge in [-0.2, -0.15) is 0 Å². The van der Waals surface area contributed by atoms with Gasteiger partial charge >= 0.3 is 5.97 Å². The number of benzene rings is 2. The summed E-state index contributed by atoms with van der Waals surface area (Å²) in [6, 6.07) is 13.2. The van der Waals surface area contributed by atoms with Gasteiger partial charge in [0, 0.05) is 6.08 Å². The van der Waals surface area contributed by atoms with Crippen LogP contribution >= 0.6 is 0 Å². The highest BCUT2D eigenvalue weighted by Crippen LogP contribution is 2.11. The van der Waals surface area contributed by atoms with Crippen LogP contribution in [0.15, 0.2) is 60.7 Å². The van der Waals surface area contributed by atoms with Crippen molar-refractivity contribution in [2.45, 2.75) is 0 Å². The molecule has 112 valence electrons. The van der Waals surface area contributed by atoms with Crippen molar-refractivity contribution in [1.29, 1.82) is 0 Å². The monoisotopic (exact) mass is 296 g/mol. The first-order valence-electron chi connectivity index (χ1n) is 6.73. The SMILES string of the molecule is O=C(/C=C/c1ccc(O)cc1)OCC=Cc1ccc(O)cc1. The molecule has 0 bridgehead atoms. The third-order valence-corrected chi connectivity index (χ3v) is 2.83. The predicted molar refractivity (Wildman–Crippen MR) is 85.2 cm³/mol. The predicted octanol–water partition coefficient (Wildman–Crippen LogP) is 3.37. The smallest absolute Gasteiger partial charge is 0.331 e. The minimum Gasteiger partial charge on any atom is -0.508 e. The van der Waals surface area contributed by atoms with Gasteiger partial charge in [-0.1, -0.05) is 30.3 Å². The van der Waals surface area contributed by atoms with Crippen molar-refractivity contribution in [2.24, 2.45) is 0 Å². The second-order valence-corrected chi connectivity index (χ2v) is 4.55. The van der Waals surface area contributed by atoms with Gasteiger partial charge in [0.05, 0.1) is 0 Å². The molecule has 0 aromatic heterocycles. The van der Waals surface area contributed by atoms with E-state index in [9.17, 15) is 4.79 Å². The first kappa shape index (κ1) is 15.4. The van der Waals surface area contributed by atoms with Gasteiger partial charge < -0.3 is 14.9 Å². The second-order valence-electron chi connectivity index (χ2n) is 4.55. The molecule has 0 aliphatic rings. The molecule has 0 saturated heterocycles. The van der Waals surface area contributed by atoms with Crippen LogP contribution in [0.2, 0.25) is 0 Å². The van der Waals surface area contributed by atoms with E-state index in [1.54, 1.807) is 66.8 Å². The van der Waals surface area contributed by atoms with Crippen LogP contribution in [-0.4, -0.2) is 22.8 Å². The highest BCUT2D eigenvalue weighted by atomic mass is 16.5. The van der Waals surface area contributed by atoms with E-state index in [0.29, 0.717) is 0 Å². The van der Waals surface area contributed by atoms with E-state index in [1.165, 1.54) is 6.08 Å². The van der Waals surface area contributed by atoms with Crippen molar-refractivity contribution >= 4 is 18.1 Å². The van der Waals surface area contributed by atoms with Crippen molar-refractivity contribution in [1.82, 2.24) is 0 Å². The Balaban J connectivity index is 1.77. The van der Waals surface area contributed by atoms with Crippen molar-refractivity contribution < 1.29 is 19.7 Å². The summed E-state index contributed by atoms with van der Waals surface area (Å²) < 4.78 is 5.02. The largest absolute Gasteiger partial charge is 0.508 e. The molecule has 0 unspecified atom stereocenters. The lowest BCUT2D eigenvalue weighted by Gasteiger charge is -1.98. The van der Waals surface area contributed by atoms with E-state index < -0.39 is 5.97 Å². The average molecular weight is 296 g/mol. The molecule has 2 N–H and O–H groups in total. The van der Waals surface area contributed by atoms with E-state index in [4.69, 9.17) is 14.9 Å². The summed E-state index contributed by atoms with van der Waals surface area (Å²) >= 11 is 0. The lowest BCUT2D eigenvalue weighted by Crippen LogP contribution is -1.99. The van der Waals surface area contributed by atoms with E-state index in [1.807, 2.05) is 0 Å². The molecule has 0 radical (unpaired) electrons. The molecule has 0 spiro atoms. The Kier molecular flexibility index (Phi) is 5.37. The van der Waals surface area contributed by atoms with Gasteiger partial charge in [0.1, 0.15) is 18.1 Å². The number of rotatable bonds is 5. The Labute approximate surface area is 128 Å². The molecule has 2 aromatic rings. The van der Waals surface area contributed by atoms with Crippen LogP contribution < -0.4 is 0 Å². The summed E-state index contributed by atoms with van der Waals surface area (Å²) in [5, 5.41) is 18.3. The molecule has 4 heteroatoms. The summed E-state index contributed by atoms with van der Waals surface area (Å²) in [5.74, 6) is -0.0505. The lowest BCUT2D eigenvalue weighted by molar-refractivity contribution is -0.136. The standard InChI is InChI=1S/C18H16O4/c19-16-8-3-14(4-9-16)2-1-13-22-18(21)12-7-15-5-10-17(20)11-6-15/h1-12,19-20H,13H2/b2-1?,12-7+. The van der Waals surface area contributed by atoms with Gasteiger partial charge in [-0.15, -0.1) is 0 Å². The number of carbonyl (C=O) groups is 1. The summed E-state index contributed by atoms with van der Waals surface area (Å²) in [6.07, 6.45) is 6.47. The van der Waals surface area contributed by atoms with Crippen LogP contribution in [0.4, 0.5) is 0 Å². The number of carbonyl (C=O) groups excluding carboxylic acids is 1. The zero-order chi connectivity index (χ0) is 15.8. The topological polar surface area (TPSA) is 66.8 Å². The van der Waals surface area contributed by atoms with Gasteiger partial charge in [0.15, 0.2) is 0 Å². The molecule has 0 aliphatic carbocycles. The summed E-state index contributed by atoms with van der Waals surface area (Å²) in [7, 11) is 0. The zero-order valence-electron chi connectivity index (χ0n) is 11.8. The molecule has 2 rings (SSSR count). The van der Waals surface area contributed by atoms with Crippen LogP contribution in [0.25, 0.3) is 12.2 Å². The minimum absolute atomic E-state index is 0.166. The van der Waals surface area contributed by atoms with Crippen molar-refractivity contribution in [3.63, 3.8) is 0 Å².